The number of ether oxygens (including phenoxy) is 1. The minimum atomic E-state index is -4.39. The van der Waals surface area contributed by atoms with Gasteiger partial charge in [-0.05, 0) is 41.5 Å². The molecule has 0 aliphatic heterocycles. The van der Waals surface area contributed by atoms with E-state index in [0.29, 0.717) is 11.1 Å². The van der Waals surface area contributed by atoms with Gasteiger partial charge in [0.05, 0.1) is 18.2 Å². The molecular formula is C19H16F3NO3. The Labute approximate surface area is 148 Å². The number of halogens is 3. The van der Waals surface area contributed by atoms with Gasteiger partial charge in [0.1, 0.15) is 0 Å². The van der Waals surface area contributed by atoms with Crippen molar-refractivity contribution in [2.24, 2.45) is 0 Å². The van der Waals surface area contributed by atoms with Gasteiger partial charge < -0.3 is 10.1 Å². The van der Waals surface area contributed by atoms with Gasteiger partial charge in [-0.15, -0.1) is 0 Å². The Morgan fingerprint density at radius 2 is 1.65 bits per heavy atom. The molecule has 0 fully saturated rings. The van der Waals surface area contributed by atoms with Crippen LogP contribution >= 0.6 is 0 Å². The van der Waals surface area contributed by atoms with Gasteiger partial charge in [0.25, 0.3) is 0 Å². The second-order valence-electron chi connectivity index (χ2n) is 5.36. The molecule has 0 bridgehead atoms. The Morgan fingerprint density at radius 1 is 1.04 bits per heavy atom. The molecule has 26 heavy (non-hydrogen) atoms. The van der Waals surface area contributed by atoms with Crippen LogP contribution in [0.3, 0.4) is 0 Å². The van der Waals surface area contributed by atoms with Crippen LogP contribution in [0.15, 0.2) is 54.6 Å². The summed E-state index contributed by atoms with van der Waals surface area (Å²) in [6.07, 6.45) is -1.72. The number of carbonyl (C=O) groups excluding carboxylic acids is 2. The van der Waals surface area contributed by atoms with Crippen LogP contribution in [-0.2, 0) is 22.3 Å². The molecule has 0 saturated carbocycles. The number of methoxy groups -OCH3 is 1. The van der Waals surface area contributed by atoms with E-state index >= 15 is 0 Å². The predicted octanol–water partition coefficient (Wildman–Crippen LogP) is 3.82. The molecule has 0 heterocycles. The largest absolute Gasteiger partial charge is 0.465 e. The monoisotopic (exact) mass is 363 g/mol. The Bertz CT molecular complexity index is 794. The zero-order valence-corrected chi connectivity index (χ0v) is 13.8. The van der Waals surface area contributed by atoms with E-state index in [1.807, 2.05) is 0 Å². The molecule has 4 nitrogen and oxygen atoms in total. The number of benzene rings is 2. The Morgan fingerprint density at radius 3 is 2.19 bits per heavy atom. The third-order valence-electron chi connectivity index (χ3n) is 3.51. The summed E-state index contributed by atoms with van der Waals surface area (Å²) in [4.78, 5) is 23.1. The molecule has 0 unspecified atom stereocenters. The highest BCUT2D eigenvalue weighted by Gasteiger charge is 2.29. The third kappa shape index (κ3) is 5.47. The van der Waals surface area contributed by atoms with Gasteiger partial charge in [0.15, 0.2) is 0 Å². The van der Waals surface area contributed by atoms with Crippen LogP contribution in [0, 0.1) is 0 Å². The molecule has 2 aromatic rings. The van der Waals surface area contributed by atoms with Gasteiger partial charge in [-0.2, -0.15) is 13.2 Å². The van der Waals surface area contributed by atoms with Crippen LogP contribution in [-0.4, -0.2) is 19.0 Å². The quantitative estimate of drug-likeness (QED) is 0.649. The zero-order chi connectivity index (χ0) is 19.2. The fourth-order valence-electron chi connectivity index (χ4n) is 2.08. The van der Waals surface area contributed by atoms with Crippen LogP contribution < -0.4 is 5.32 Å². The standard InChI is InChI=1S/C19H16F3NO3/c1-26-18(25)15-7-2-14(3-8-15)12-23-17(24)11-6-13-4-9-16(10-5-13)19(20,21)22/h2-11H,12H2,1H3,(H,23,24)/b11-6+. The lowest BCUT2D eigenvalue weighted by molar-refractivity contribution is -0.137. The van der Waals surface area contributed by atoms with Gasteiger partial charge in [-0.1, -0.05) is 24.3 Å². The SMILES string of the molecule is COC(=O)c1ccc(CNC(=O)/C=C/c2ccc(C(F)(F)F)cc2)cc1. The first-order valence-electron chi connectivity index (χ1n) is 7.60. The van der Waals surface area contributed by atoms with Crippen LogP contribution in [0.2, 0.25) is 0 Å². The first-order valence-corrected chi connectivity index (χ1v) is 7.60. The van der Waals surface area contributed by atoms with Crippen molar-refractivity contribution in [3.8, 4) is 0 Å². The lowest BCUT2D eigenvalue weighted by Crippen LogP contribution is -2.20. The maximum Gasteiger partial charge on any atom is 0.416 e. The number of hydrogen-bond donors (Lipinski definition) is 1. The molecule has 0 atom stereocenters. The van der Waals surface area contributed by atoms with Crippen LogP contribution in [0.1, 0.15) is 27.0 Å². The van der Waals surface area contributed by atoms with E-state index in [2.05, 4.69) is 10.1 Å². The van der Waals surface area contributed by atoms with E-state index in [-0.39, 0.29) is 12.5 Å². The fourth-order valence-corrected chi connectivity index (χ4v) is 2.08. The first-order chi connectivity index (χ1) is 12.3. The van der Waals surface area contributed by atoms with Gasteiger partial charge in [-0.3, -0.25) is 4.79 Å². The van der Waals surface area contributed by atoms with Crippen molar-refractivity contribution in [2.45, 2.75) is 12.7 Å². The third-order valence-corrected chi connectivity index (χ3v) is 3.51. The van der Waals surface area contributed by atoms with Crippen molar-refractivity contribution in [3.05, 3.63) is 76.9 Å². The van der Waals surface area contributed by atoms with Crippen molar-refractivity contribution in [3.63, 3.8) is 0 Å². The minimum Gasteiger partial charge on any atom is -0.465 e. The number of rotatable bonds is 5. The second-order valence-corrected chi connectivity index (χ2v) is 5.36. The highest BCUT2D eigenvalue weighted by Crippen LogP contribution is 2.29. The van der Waals surface area contributed by atoms with Crippen molar-refractivity contribution in [1.29, 1.82) is 0 Å². The normalized spacial score (nSPS) is 11.4. The van der Waals surface area contributed by atoms with Crippen molar-refractivity contribution in [2.75, 3.05) is 7.11 Å². The smallest absolute Gasteiger partial charge is 0.416 e. The second kappa shape index (κ2) is 8.33. The van der Waals surface area contributed by atoms with E-state index < -0.39 is 17.7 Å². The van der Waals surface area contributed by atoms with Crippen LogP contribution in [0.4, 0.5) is 13.2 Å². The van der Waals surface area contributed by atoms with Gasteiger partial charge in [0.2, 0.25) is 5.91 Å². The highest BCUT2D eigenvalue weighted by molar-refractivity contribution is 5.91. The van der Waals surface area contributed by atoms with Crippen molar-refractivity contribution < 1.29 is 27.5 Å². The molecule has 0 saturated heterocycles. The summed E-state index contributed by atoms with van der Waals surface area (Å²) in [6.45, 7) is 0.248. The van der Waals surface area contributed by atoms with Gasteiger partial charge in [-0.25, -0.2) is 4.79 Å². The summed E-state index contributed by atoms with van der Waals surface area (Å²) in [5.74, 6) is -0.831. The lowest BCUT2D eigenvalue weighted by atomic mass is 10.1. The topological polar surface area (TPSA) is 55.4 Å². The molecule has 0 aliphatic rings. The Hall–Kier alpha value is -3.09. The molecular weight excluding hydrogens is 347 g/mol. The lowest BCUT2D eigenvalue weighted by Gasteiger charge is -2.06. The summed E-state index contributed by atoms with van der Waals surface area (Å²) in [7, 11) is 1.29. The minimum absolute atomic E-state index is 0.248. The molecule has 2 aromatic carbocycles. The average molecular weight is 363 g/mol. The summed E-state index contributed by atoms with van der Waals surface area (Å²) in [6, 6.07) is 11.0. The van der Waals surface area contributed by atoms with E-state index in [9.17, 15) is 22.8 Å². The molecule has 7 heteroatoms. The van der Waals surface area contributed by atoms with Crippen molar-refractivity contribution in [1.82, 2.24) is 5.32 Å². The van der Waals surface area contributed by atoms with Gasteiger partial charge in [0, 0.05) is 12.6 Å². The molecule has 2 rings (SSSR count). The maximum atomic E-state index is 12.5. The van der Waals surface area contributed by atoms with Crippen LogP contribution in [0.5, 0.6) is 0 Å². The molecule has 0 spiro atoms. The molecule has 136 valence electrons. The number of amides is 1. The number of alkyl halides is 3. The summed E-state index contributed by atoms with van der Waals surface area (Å²) >= 11 is 0. The average Bonchev–Trinajstić information content (AvgIpc) is 2.64. The van der Waals surface area contributed by atoms with E-state index in [0.717, 1.165) is 17.7 Å². The first kappa shape index (κ1) is 19.2. The Kier molecular flexibility index (Phi) is 6.16. The van der Waals surface area contributed by atoms with Crippen LogP contribution in [0.25, 0.3) is 6.08 Å². The molecule has 1 N–H and O–H groups in total. The number of hydrogen-bond acceptors (Lipinski definition) is 3. The zero-order valence-electron chi connectivity index (χ0n) is 13.8. The maximum absolute atomic E-state index is 12.5. The van der Waals surface area contributed by atoms with E-state index in [4.69, 9.17) is 0 Å². The highest BCUT2D eigenvalue weighted by atomic mass is 19.4. The van der Waals surface area contributed by atoms with Gasteiger partial charge >= 0.3 is 12.1 Å². The van der Waals surface area contributed by atoms with Crippen molar-refractivity contribution >= 4 is 18.0 Å². The summed E-state index contributed by atoms with van der Waals surface area (Å²) in [5.41, 5.74) is 0.934. The number of nitrogens with one attached hydrogen (secondary N) is 1. The summed E-state index contributed by atoms with van der Waals surface area (Å²) in [5, 5.41) is 2.65. The number of esters is 1. The molecule has 0 aliphatic carbocycles. The fraction of sp³-hybridized carbons (Fsp3) is 0.158. The Balaban J connectivity index is 1.88. The molecule has 0 radical (unpaired) electrons. The van der Waals surface area contributed by atoms with E-state index in [1.54, 1.807) is 24.3 Å². The number of carbonyl (C=O) groups is 2. The van der Waals surface area contributed by atoms with E-state index in [1.165, 1.54) is 31.4 Å². The predicted molar refractivity (Wildman–Crippen MR) is 90.1 cm³/mol. The molecule has 1 amide bonds. The molecule has 0 aromatic heterocycles. The summed E-state index contributed by atoms with van der Waals surface area (Å²) < 4.78 is 42.0.